The molecule has 146 valence electrons. The Hall–Kier alpha value is -2.44. The van der Waals surface area contributed by atoms with E-state index in [4.69, 9.17) is 9.47 Å². The fourth-order valence-electron chi connectivity index (χ4n) is 2.96. The summed E-state index contributed by atoms with van der Waals surface area (Å²) in [5, 5.41) is 2.17. The van der Waals surface area contributed by atoms with Gasteiger partial charge in [-0.1, -0.05) is 30.3 Å². The van der Waals surface area contributed by atoms with Crippen molar-refractivity contribution in [3.63, 3.8) is 0 Å². The quantitative estimate of drug-likeness (QED) is 0.459. The summed E-state index contributed by atoms with van der Waals surface area (Å²) in [5.74, 6) is 0.598. The van der Waals surface area contributed by atoms with Crippen molar-refractivity contribution < 1.29 is 14.3 Å². The van der Waals surface area contributed by atoms with Crippen LogP contribution in [0.5, 0.6) is 5.75 Å². The van der Waals surface area contributed by atoms with Gasteiger partial charge in [-0.05, 0) is 56.9 Å². The van der Waals surface area contributed by atoms with Crippen molar-refractivity contribution in [2.75, 3.05) is 26.9 Å². The minimum absolute atomic E-state index is 0.0188. The van der Waals surface area contributed by atoms with Gasteiger partial charge in [0.15, 0.2) is 6.61 Å². The highest BCUT2D eigenvalue weighted by atomic mass is 79.9. The number of methoxy groups -OCH3 is 1. The maximum atomic E-state index is 12.8. The largest absolute Gasteiger partial charge is 0.483 e. The van der Waals surface area contributed by atoms with Crippen LogP contribution in [0.15, 0.2) is 65.4 Å². The lowest BCUT2D eigenvalue weighted by Crippen LogP contribution is -2.35. The van der Waals surface area contributed by atoms with Gasteiger partial charge in [0.1, 0.15) is 5.75 Å². The van der Waals surface area contributed by atoms with Crippen LogP contribution in [-0.2, 0) is 16.1 Å². The first-order valence-corrected chi connectivity index (χ1v) is 9.94. The number of halogens is 1. The van der Waals surface area contributed by atoms with Crippen LogP contribution in [-0.4, -0.2) is 42.7 Å². The van der Waals surface area contributed by atoms with Crippen molar-refractivity contribution in [2.45, 2.75) is 13.0 Å². The molecule has 0 unspecified atom stereocenters. The van der Waals surface area contributed by atoms with Crippen LogP contribution in [0.1, 0.15) is 12.0 Å². The Kier molecular flexibility index (Phi) is 7.39. The van der Waals surface area contributed by atoms with Crippen molar-refractivity contribution in [3.05, 3.63) is 71.0 Å². The molecule has 0 aliphatic heterocycles. The van der Waals surface area contributed by atoms with E-state index in [2.05, 4.69) is 20.9 Å². The zero-order valence-electron chi connectivity index (χ0n) is 15.8. The number of fused-ring (bicyclic) bond motifs is 1. The summed E-state index contributed by atoms with van der Waals surface area (Å²) in [4.78, 5) is 18.6. The van der Waals surface area contributed by atoms with E-state index >= 15 is 0 Å². The molecule has 0 saturated carbocycles. The highest BCUT2D eigenvalue weighted by molar-refractivity contribution is 9.10. The van der Waals surface area contributed by atoms with Crippen LogP contribution < -0.4 is 4.74 Å². The van der Waals surface area contributed by atoms with Gasteiger partial charge < -0.3 is 14.4 Å². The molecule has 1 aromatic heterocycles. The molecule has 0 radical (unpaired) electrons. The first-order chi connectivity index (χ1) is 13.7. The molecule has 5 nitrogen and oxygen atoms in total. The fraction of sp³-hybridized carbons (Fsp3) is 0.273. The zero-order chi connectivity index (χ0) is 19.8. The van der Waals surface area contributed by atoms with Gasteiger partial charge >= 0.3 is 0 Å². The lowest BCUT2D eigenvalue weighted by Gasteiger charge is -2.23. The summed E-state index contributed by atoms with van der Waals surface area (Å²) in [5.41, 5.74) is 1.03. The van der Waals surface area contributed by atoms with Crippen LogP contribution in [0, 0.1) is 0 Å². The predicted molar refractivity (Wildman–Crippen MR) is 113 cm³/mol. The maximum Gasteiger partial charge on any atom is 0.260 e. The number of benzene rings is 2. The minimum Gasteiger partial charge on any atom is -0.483 e. The molecular weight excluding hydrogens is 420 g/mol. The first-order valence-electron chi connectivity index (χ1n) is 9.14. The topological polar surface area (TPSA) is 51.7 Å². The molecule has 0 fully saturated rings. The van der Waals surface area contributed by atoms with Gasteiger partial charge in [-0.25, -0.2) is 0 Å². The van der Waals surface area contributed by atoms with Crippen molar-refractivity contribution in [2.24, 2.45) is 0 Å². The van der Waals surface area contributed by atoms with Gasteiger partial charge in [0.05, 0.1) is 4.47 Å². The second-order valence-corrected chi connectivity index (χ2v) is 7.20. The lowest BCUT2D eigenvalue weighted by atomic mass is 10.1. The van der Waals surface area contributed by atoms with Crippen LogP contribution in [0.4, 0.5) is 0 Å². The van der Waals surface area contributed by atoms with E-state index in [1.165, 1.54) is 0 Å². The highest BCUT2D eigenvalue weighted by Gasteiger charge is 2.16. The van der Waals surface area contributed by atoms with E-state index in [1.807, 2.05) is 48.5 Å². The van der Waals surface area contributed by atoms with Crippen molar-refractivity contribution in [3.8, 4) is 5.75 Å². The number of hydrogen-bond donors (Lipinski definition) is 0. The van der Waals surface area contributed by atoms with Crippen LogP contribution in [0.25, 0.3) is 10.8 Å². The van der Waals surface area contributed by atoms with Crippen LogP contribution in [0.3, 0.4) is 0 Å². The maximum absolute atomic E-state index is 12.8. The molecule has 0 bridgehead atoms. The number of nitrogens with zero attached hydrogens (tertiary/aromatic N) is 2. The summed E-state index contributed by atoms with van der Waals surface area (Å²) in [7, 11) is 1.66. The summed E-state index contributed by atoms with van der Waals surface area (Å²) >= 11 is 3.60. The van der Waals surface area contributed by atoms with Gasteiger partial charge in [0.25, 0.3) is 5.91 Å². The number of carbonyl (C=O) groups excluding carboxylic acids is 1. The monoisotopic (exact) mass is 442 g/mol. The second kappa shape index (κ2) is 10.2. The number of amides is 1. The minimum atomic E-state index is -0.0621. The number of pyridine rings is 1. The molecule has 0 atom stereocenters. The summed E-state index contributed by atoms with van der Waals surface area (Å²) in [6.07, 6.45) is 4.23. The van der Waals surface area contributed by atoms with Crippen LogP contribution >= 0.6 is 15.9 Å². The fourth-order valence-corrected chi connectivity index (χ4v) is 3.56. The molecule has 3 aromatic rings. The van der Waals surface area contributed by atoms with E-state index in [-0.39, 0.29) is 12.5 Å². The Morgan fingerprint density at radius 1 is 1.11 bits per heavy atom. The number of ether oxygens (including phenoxy) is 2. The van der Waals surface area contributed by atoms with Gasteiger partial charge in [-0.2, -0.15) is 0 Å². The third-order valence-electron chi connectivity index (χ3n) is 4.43. The van der Waals surface area contributed by atoms with Gasteiger partial charge in [-0.15, -0.1) is 0 Å². The van der Waals surface area contributed by atoms with E-state index in [0.717, 1.165) is 27.2 Å². The molecule has 1 heterocycles. The van der Waals surface area contributed by atoms with E-state index in [9.17, 15) is 4.79 Å². The number of rotatable bonds is 9. The smallest absolute Gasteiger partial charge is 0.260 e. The molecule has 0 spiro atoms. The Labute approximate surface area is 173 Å². The Morgan fingerprint density at radius 3 is 2.68 bits per heavy atom. The number of aromatic nitrogens is 1. The van der Waals surface area contributed by atoms with Gasteiger partial charge in [0.2, 0.25) is 0 Å². The van der Waals surface area contributed by atoms with Crippen molar-refractivity contribution in [1.29, 1.82) is 0 Å². The number of hydrogen-bond acceptors (Lipinski definition) is 4. The average molecular weight is 443 g/mol. The molecule has 0 aliphatic rings. The Bertz CT molecular complexity index is 918. The molecular formula is C22H23BrN2O3. The van der Waals surface area contributed by atoms with E-state index < -0.39 is 0 Å². The van der Waals surface area contributed by atoms with Crippen molar-refractivity contribution in [1.82, 2.24) is 9.88 Å². The highest BCUT2D eigenvalue weighted by Crippen LogP contribution is 2.33. The Balaban J connectivity index is 1.68. The Morgan fingerprint density at radius 2 is 1.89 bits per heavy atom. The predicted octanol–water partition coefficient (Wildman–Crippen LogP) is 4.44. The van der Waals surface area contributed by atoms with Crippen molar-refractivity contribution >= 4 is 32.6 Å². The third kappa shape index (κ3) is 5.30. The summed E-state index contributed by atoms with van der Waals surface area (Å²) in [6, 6.07) is 15.7. The second-order valence-electron chi connectivity index (χ2n) is 6.40. The van der Waals surface area contributed by atoms with Gasteiger partial charge in [0, 0.05) is 39.2 Å². The molecule has 0 saturated heterocycles. The lowest BCUT2D eigenvalue weighted by molar-refractivity contribution is -0.134. The van der Waals surface area contributed by atoms with E-state index in [1.54, 1.807) is 24.4 Å². The molecule has 28 heavy (non-hydrogen) atoms. The van der Waals surface area contributed by atoms with E-state index in [0.29, 0.717) is 25.4 Å². The van der Waals surface area contributed by atoms with Gasteiger partial charge in [-0.3, -0.25) is 9.78 Å². The molecule has 3 rings (SSSR count). The summed E-state index contributed by atoms with van der Waals surface area (Å²) < 4.78 is 11.8. The molecule has 2 aromatic carbocycles. The first kappa shape index (κ1) is 20.3. The molecule has 0 N–H and O–H groups in total. The number of carbonyl (C=O) groups is 1. The summed E-state index contributed by atoms with van der Waals surface area (Å²) in [6.45, 7) is 1.72. The molecule has 6 heteroatoms. The third-order valence-corrected chi connectivity index (χ3v) is 5.25. The zero-order valence-corrected chi connectivity index (χ0v) is 17.4. The average Bonchev–Trinajstić information content (AvgIpc) is 2.73. The molecule has 1 amide bonds. The molecule has 0 aliphatic carbocycles. The standard InChI is InChI=1S/C22H23BrN2O3/c1-27-14-4-13-25(15-17-9-11-24-12-10-17)21(26)16-28-20-8-7-18-5-2-3-6-19(18)22(20)23/h2-3,5-12H,4,13-16H2,1H3. The normalized spacial score (nSPS) is 10.8. The van der Waals surface area contributed by atoms with Crippen LogP contribution in [0.2, 0.25) is 0 Å². The SMILES string of the molecule is COCCCN(Cc1ccncc1)C(=O)COc1ccc2ccccc2c1Br.